The Labute approximate surface area is 133 Å². The standard InChI is InChI=1S/C15H17ClN2O4/c1-15(2,3)22-14(19)17-10-5-4-7-11-12(16)8-6-9-13(11)18(20)21/h6,8-9H,5,10H2,1-3H3,(H,17,19). The third kappa shape index (κ3) is 6.02. The van der Waals surface area contributed by atoms with Gasteiger partial charge in [0.2, 0.25) is 0 Å². The average molecular weight is 325 g/mol. The summed E-state index contributed by atoms with van der Waals surface area (Å²) in [5.41, 5.74) is -0.528. The highest BCUT2D eigenvalue weighted by molar-refractivity contribution is 6.32. The topological polar surface area (TPSA) is 81.5 Å². The summed E-state index contributed by atoms with van der Waals surface area (Å²) in [7, 11) is 0. The van der Waals surface area contributed by atoms with Gasteiger partial charge in [-0.05, 0) is 26.8 Å². The Balaban J connectivity index is 2.59. The highest BCUT2D eigenvalue weighted by Gasteiger charge is 2.15. The molecule has 1 amide bonds. The lowest BCUT2D eigenvalue weighted by atomic mass is 10.2. The largest absolute Gasteiger partial charge is 0.444 e. The molecule has 1 aromatic carbocycles. The molecule has 0 aliphatic carbocycles. The van der Waals surface area contributed by atoms with Crippen molar-refractivity contribution in [2.75, 3.05) is 6.54 Å². The average Bonchev–Trinajstić information content (AvgIpc) is 2.37. The van der Waals surface area contributed by atoms with E-state index in [1.165, 1.54) is 18.2 Å². The molecule has 0 heterocycles. The SMILES string of the molecule is CC(C)(C)OC(=O)NCCC#Cc1c(Cl)cccc1[N+](=O)[O-]. The number of carbonyl (C=O) groups is 1. The summed E-state index contributed by atoms with van der Waals surface area (Å²) in [6.45, 7) is 5.58. The van der Waals surface area contributed by atoms with Gasteiger partial charge in [0.1, 0.15) is 11.2 Å². The molecule has 1 N–H and O–H groups in total. The Morgan fingerprint density at radius 2 is 2.14 bits per heavy atom. The van der Waals surface area contributed by atoms with Crippen LogP contribution in [0.3, 0.4) is 0 Å². The molecular formula is C15H17ClN2O4. The molecule has 0 radical (unpaired) electrons. The fourth-order valence-electron chi connectivity index (χ4n) is 1.48. The molecule has 0 bridgehead atoms. The highest BCUT2D eigenvalue weighted by Crippen LogP contribution is 2.24. The summed E-state index contributed by atoms with van der Waals surface area (Å²) in [5.74, 6) is 5.42. The summed E-state index contributed by atoms with van der Waals surface area (Å²) in [5, 5.41) is 13.7. The van der Waals surface area contributed by atoms with Crippen LogP contribution < -0.4 is 5.32 Å². The fraction of sp³-hybridized carbons (Fsp3) is 0.400. The summed E-state index contributed by atoms with van der Waals surface area (Å²) in [6, 6.07) is 4.38. The molecule has 0 unspecified atom stereocenters. The van der Waals surface area contributed by atoms with Gasteiger partial charge in [0.25, 0.3) is 5.69 Å². The summed E-state index contributed by atoms with van der Waals surface area (Å²) >= 11 is 5.91. The summed E-state index contributed by atoms with van der Waals surface area (Å²) < 4.78 is 5.06. The number of alkyl carbamates (subject to hydrolysis) is 1. The number of rotatable bonds is 3. The predicted octanol–water partition coefficient (Wildman–Crippen LogP) is 3.51. The van der Waals surface area contributed by atoms with E-state index >= 15 is 0 Å². The van der Waals surface area contributed by atoms with Crippen molar-refractivity contribution in [3.05, 3.63) is 38.9 Å². The van der Waals surface area contributed by atoms with Gasteiger partial charge in [0.15, 0.2) is 0 Å². The second-order valence-electron chi connectivity index (χ2n) is 5.37. The molecule has 7 heteroatoms. The molecule has 22 heavy (non-hydrogen) atoms. The number of hydrogen-bond donors (Lipinski definition) is 1. The minimum Gasteiger partial charge on any atom is -0.444 e. The van der Waals surface area contributed by atoms with Gasteiger partial charge in [0, 0.05) is 19.0 Å². The van der Waals surface area contributed by atoms with E-state index < -0.39 is 16.6 Å². The van der Waals surface area contributed by atoms with Gasteiger partial charge in [-0.2, -0.15) is 0 Å². The number of nitrogens with zero attached hydrogens (tertiary/aromatic N) is 1. The van der Waals surface area contributed by atoms with E-state index in [0.29, 0.717) is 6.42 Å². The zero-order valence-corrected chi connectivity index (χ0v) is 13.4. The van der Waals surface area contributed by atoms with Crippen LogP contribution in [0.2, 0.25) is 5.02 Å². The van der Waals surface area contributed by atoms with Crippen LogP contribution in [0.1, 0.15) is 32.8 Å². The molecular weight excluding hydrogens is 308 g/mol. The van der Waals surface area contributed by atoms with Gasteiger partial charge in [-0.3, -0.25) is 10.1 Å². The number of carbonyl (C=O) groups excluding carboxylic acids is 1. The molecule has 0 saturated carbocycles. The Bertz CT molecular complexity index is 627. The fourth-order valence-corrected chi connectivity index (χ4v) is 1.70. The van der Waals surface area contributed by atoms with Crippen molar-refractivity contribution in [1.29, 1.82) is 0 Å². The van der Waals surface area contributed by atoms with E-state index in [0.717, 1.165) is 0 Å². The molecule has 0 aromatic heterocycles. The van der Waals surface area contributed by atoms with E-state index in [1.54, 1.807) is 20.8 Å². The first-order valence-electron chi connectivity index (χ1n) is 6.59. The molecule has 0 aliphatic heterocycles. The first-order chi connectivity index (χ1) is 10.2. The van der Waals surface area contributed by atoms with Crippen LogP contribution in [0.4, 0.5) is 10.5 Å². The number of nitro groups is 1. The Hall–Kier alpha value is -2.26. The minimum atomic E-state index is -0.562. The molecule has 1 rings (SSSR count). The van der Waals surface area contributed by atoms with E-state index in [9.17, 15) is 14.9 Å². The summed E-state index contributed by atoms with van der Waals surface area (Å²) in [4.78, 5) is 21.8. The van der Waals surface area contributed by atoms with Crippen molar-refractivity contribution in [1.82, 2.24) is 5.32 Å². The minimum absolute atomic E-state index is 0.139. The molecule has 0 saturated heterocycles. The van der Waals surface area contributed by atoms with Gasteiger partial charge < -0.3 is 10.1 Å². The quantitative estimate of drug-likeness (QED) is 0.399. The Morgan fingerprint density at radius 1 is 1.45 bits per heavy atom. The van der Waals surface area contributed by atoms with Crippen LogP contribution in [0.5, 0.6) is 0 Å². The molecule has 0 atom stereocenters. The summed E-state index contributed by atoms with van der Waals surface area (Å²) in [6.07, 6.45) is -0.209. The van der Waals surface area contributed by atoms with Crippen LogP contribution >= 0.6 is 11.6 Å². The van der Waals surface area contributed by atoms with Gasteiger partial charge in [-0.25, -0.2) is 4.79 Å². The normalized spacial score (nSPS) is 10.4. The van der Waals surface area contributed by atoms with Crippen LogP contribution in [0.25, 0.3) is 0 Å². The second kappa shape index (κ2) is 7.66. The van der Waals surface area contributed by atoms with Crippen molar-refractivity contribution >= 4 is 23.4 Å². The zero-order valence-electron chi connectivity index (χ0n) is 12.6. The van der Waals surface area contributed by atoms with Crippen molar-refractivity contribution in [3.8, 4) is 11.8 Å². The zero-order chi connectivity index (χ0) is 16.8. The van der Waals surface area contributed by atoms with Crippen LogP contribution in [-0.2, 0) is 4.74 Å². The van der Waals surface area contributed by atoms with E-state index in [4.69, 9.17) is 16.3 Å². The lowest BCUT2D eigenvalue weighted by Crippen LogP contribution is -2.32. The van der Waals surface area contributed by atoms with Crippen LogP contribution in [0.15, 0.2) is 18.2 Å². The van der Waals surface area contributed by atoms with Crippen LogP contribution in [0, 0.1) is 22.0 Å². The maximum Gasteiger partial charge on any atom is 0.407 e. The highest BCUT2D eigenvalue weighted by atomic mass is 35.5. The van der Waals surface area contributed by atoms with Gasteiger partial charge in [-0.1, -0.05) is 29.5 Å². The lowest BCUT2D eigenvalue weighted by Gasteiger charge is -2.19. The van der Waals surface area contributed by atoms with Gasteiger partial charge in [0.05, 0.1) is 9.95 Å². The molecule has 118 valence electrons. The molecule has 6 nitrogen and oxygen atoms in total. The Morgan fingerprint density at radius 3 is 2.73 bits per heavy atom. The van der Waals surface area contributed by atoms with Crippen molar-refractivity contribution in [2.24, 2.45) is 0 Å². The van der Waals surface area contributed by atoms with Gasteiger partial charge in [-0.15, -0.1) is 0 Å². The van der Waals surface area contributed by atoms with Crippen molar-refractivity contribution in [3.63, 3.8) is 0 Å². The van der Waals surface area contributed by atoms with Crippen molar-refractivity contribution in [2.45, 2.75) is 32.8 Å². The first-order valence-corrected chi connectivity index (χ1v) is 6.97. The van der Waals surface area contributed by atoms with Crippen LogP contribution in [-0.4, -0.2) is 23.2 Å². The number of amides is 1. The lowest BCUT2D eigenvalue weighted by molar-refractivity contribution is -0.385. The first kappa shape index (κ1) is 17.8. The second-order valence-corrected chi connectivity index (χ2v) is 5.78. The maximum absolute atomic E-state index is 11.4. The van der Waals surface area contributed by atoms with E-state index in [-0.39, 0.29) is 22.8 Å². The molecule has 0 aliphatic rings. The predicted molar refractivity (Wildman–Crippen MR) is 83.8 cm³/mol. The molecule has 1 aromatic rings. The number of nitrogens with one attached hydrogen (secondary N) is 1. The number of halogens is 1. The van der Waals surface area contributed by atoms with Crippen molar-refractivity contribution < 1.29 is 14.5 Å². The number of benzene rings is 1. The third-order valence-corrected chi connectivity index (χ3v) is 2.63. The monoisotopic (exact) mass is 324 g/mol. The molecule has 0 fully saturated rings. The smallest absolute Gasteiger partial charge is 0.407 e. The number of nitro benzene ring substituents is 1. The number of hydrogen-bond acceptors (Lipinski definition) is 4. The van der Waals surface area contributed by atoms with E-state index in [1.807, 2.05) is 0 Å². The van der Waals surface area contributed by atoms with E-state index in [2.05, 4.69) is 17.2 Å². The van der Waals surface area contributed by atoms with Gasteiger partial charge >= 0.3 is 6.09 Å². The Kier molecular flexibility index (Phi) is 6.20. The third-order valence-electron chi connectivity index (χ3n) is 2.32. The number of ether oxygens (including phenoxy) is 1. The maximum atomic E-state index is 11.4. The molecule has 0 spiro atoms.